The van der Waals surface area contributed by atoms with Crippen molar-refractivity contribution in [3.8, 4) is 0 Å². The summed E-state index contributed by atoms with van der Waals surface area (Å²) < 4.78 is 123. The van der Waals surface area contributed by atoms with Gasteiger partial charge in [-0.2, -0.15) is 13.2 Å². The van der Waals surface area contributed by atoms with Crippen LogP contribution in [-0.2, 0) is 19.9 Å². The number of β-amino-alcohol motifs (C(OH)–C–C–N with tert-alkyl or cyclic N) is 1. The predicted molar refractivity (Wildman–Crippen MR) is 240 cm³/mol. The van der Waals surface area contributed by atoms with Crippen LogP contribution in [0.15, 0.2) is 111 Å². The number of aliphatic hydroxyl groups is 1. The normalized spacial score (nSPS) is 18.5. The SMILES string of the molecule is C=C(CCC1=C(CN2CCN(c3ccc(C(=O)NS(=O)(=O)c4ccc(N[C@H](CCN5CC(O)C5)CSc5ccccc5)c(S(=O)(=O)C(F)(F)F)c4)cc3)CC2)CCC(C)(C)C1)C(F)F. The highest BCUT2D eigenvalue weighted by atomic mass is 32.2. The number of sulfonamides is 1. The van der Waals surface area contributed by atoms with Crippen LogP contribution < -0.4 is 14.9 Å². The smallest absolute Gasteiger partial charge is 0.390 e. The van der Waals surface area contributed by atoms with Gasteiger partial charge in [0.25, 0.3) is 32.2 Å². The van der Waals surface area contributed by atoms with Crippen LogP contribution in [-0.4, -0.2) is 120 Å². The molecule has 2 aliphatic heterocycles. The summed E-state index contributed by atoms with van der Waals surface area (Å²) >= 11 is 1.40. The number of benzene rings is 3. The van der Waals surface area contributed by atoms with Gasteiger partial charge in [-0.3, -0.25) is 14.6 Å². The Morgan fingerprint density at radius 3 is 2.23 bits per heavy atom. The Balaban J connectivity index is 1.11. The summed E-state index contributed by atoms with van der Waals surface area (Å²) in [6.45, 7) is 12.9. The Morgan fingerprint density at radius 1 is 0.938 bits per heavy atom. The third-order valence-corrected chi connectivity index (χ3v) is 16.0. The second-order valence-corrected chi connectivity index (χ2v) is 22.2. The van der Waals surface area contributed by atoms with E-state index in [1.54, 1.807) is 12.1 Å². The summed E-state index contributed by atoms with van der Waals surface area (Å²) in [4.78, 5) is 18.4. The van der Waals surface area contributed by atoms with E-state index in [1.807, 2.05) is 40.0 Å². The first-order valence-electron chi connectivity index (χ1n) is 21.2. The minimum atomic E-state index is -6.08. The molecule has 2 saturated heterocycles. The summed E-state index contributed by atoms with van der Waals surface area (Å²) in [7, 11) is -11.0. The zero-order valence-electron chi connectivity index (χ0n) is 35.9. The Bertz CT molecular complexity index is 2370. The number of alkyl halides is 5. The van der Waals surface area contributed by atoms with Crippen molar-refractivity contribution in [2.24, 2.45) is 5.41 Å². The summed E-state index contributed by atoms with van der Waals surface area (Å²) in [6, 6.07) is 17.1. The third kappa shape index (κ3) is 12.9. The van der Waals surface area contributed by atoms with Crippen LogP contribution >= 0.6 is 11.8 Å². The van der Waals surface area contributed by atoms with Gasteiger partial charge < -0.3 is 15.3 Å². The molecule has 19 heteroatoms. The van der Waals surface area contributed by atoms with Gasteiger partial charge in [0.2, 0.25) is 0 Å². The molecule has 1 aliphatic carbocycles. The van der Waals surface area contributed by atoms with Gasteiger partial charge in [-0.15, -0.1) is 11.8 Å². The molecule has 0 unspecified atom stereocenters. The molecule has 0 bridgehead atoms. The number of carbonyl (C=O) groups is 1. The van der Waals surface area contributed by atoms with E-state index in [9.17, 15) is 48.7 Å². The number of allylic oxidation sites excluding steroid dienone is 2. The quantitative estimate of drug-likeness (QED) is 0.0613. The average Bonchev–Trinajstić information content (AvgIpc) is 3.23. The first-order chi connectivity index (χ1) is 30.1. The van der Waals surface area contributed by atoms with Crippen LogP contribution in [0.4, 0.5) is 33.3 Å². The number of amides is 1. The van der Waals surface area contributed by atoms with Crippen LogP contribution in [0.25, 0.3) is 0 Å². The molecule has 0 radical (unpaired) electrons. The molecule has 2 fully saturated rings. The van der Waals surface area contributed by atoms with Gasteiger partial charge in [-0.05, 0) is 104 Å². The van der Waals surface area contributed by atoms with E-state index in [2.05, 4.69) is 35.5 Å². The van der Waals surface area contributed by atoms with Crippen LogP contribution in [0.1, 0.15) is 62.7 Å². The molecule has 350 valence electrons. The molecule has 0 spiro atoms. The number of hydrogen-bond acceptors (Lipinski definition) is 11. The van der Waals surface area contributed by atoms with Crippen LogP contribution in [0.3, 0.4) is 0 Å². The summed E-state index contributed by atoms with van der Waals surface area (Å²) in [5, 5.41) is 12.6. The summed E-state index contributed by atoms with van der Waals surface area (Å²) in [5.41, 5.74) is -2.86. The van der Waals surface area contributed by atoms with Crippen molar-refractivity contribution >= 4 is 48.9 Å². The van der Waals surface area contributed by atoms with Gasteiger partial charge in [0.05, 0.1) is 16.7 Å². The maximum atomic E-state index is 14.1. The molecule has 0 aromatic heterocycles. The molecule has 2 heterocycles. The fraction of sp³-hybridized carbons (Fsp3) is 0.489. The Hall–Kier alpha value is -4.01. The molecule has 3 N–H and O–H groups in total. The Kier molecular flexibility index (Phi) is 16.0. The standard InChI is InChI=1S/C45H56F5N5O6S3/c1-31(42(46)47)9-10-33-26-44(2,3)19-17-34(33)27-53-21-23-55(24-22-53)36-13-11-32(12-14-36)43(57)52-64(60,61)39-15-16-40(41(25-39)63(58,59)45(48,49)50)51-35(18-20-54-28-37(56)29-54)30-62-38-7-5-4-6-8-38/h4-8,11-16,25,35,37,42,51,56H,1,9-10,17-24,26-30H2,2-3H3,(H,52,57)/t35-/m1/s1. The highest BCUT2D eigenvalue weighted by Crippen LogP contribution is 2.41. The number of nitrogens with zero attached hydrogens (tertiary/aromatic N) is 3. The van der Waals surface area contributed by atoms with Gasteiger partial charge in [0, 0.05) is 80.3 Å². The van der Waals surface area contributed by atoms with E-state index in [-0.39, 0.29) is 23.0 Å². The number of piperazine rings is 1. The molecule has 3 aliphatic rings. The number of nitrogens with one attached hydrogen (secondary N) is 2. The Morgan fingerprint density at radius 2 is 1.61 bits per heavy atom. The van der Waals surface area contributed by atoms with Crippen molar-refractivity contribution in [1.29, 1.82) is 0 Å². The van der Waals surface area contributed by atoms with Crippen LogP contribution in [0.5, 0.6) is 0 Å². The number of halogens is 5. The molecule has 3 aromatic carbocycles. The number of rotatable bonds is 19. The first kappa shape index (κ1) is 49.4. The zero-order valence-corrected chi connectivity index (χ0v) is 38.4. The summed E-state index contributed by atoms with van der Waals surface area (Å²) in [6.07, 6.45) is 1.02. The number of hydrogen-bond donors (Lipinski definition) is 3. The lowest BCUT2D eigenvalue weighted by Gasteiger charge is -2.39. The van der Waals surface area contributed by atoms with Gasteiger partial charge in [-0.1, -0.05) is 49.8 Å². The first-order valence-corrected chi connectivity index (χ1v) is 25.2. The van der Waals surface area contributed by atoms with Crippen molar-refractivity contribution in [3.05, 3.63) is 102 Å². The second-order valence-electron chi connectivity index (χ2n) is 17.5. The fourth-order valence-corrected chi connectivity index (χ4v) is 11.2. The van der Waals surface area contributed by atoms with E-state index in [4.69, 9.17) is 0 Å². The molecular weight excluding hydrogens is 898 g/mol. The van der Waals surface area contributed by atoms with Crippen molar-refractivity contribution in [1.82, 2.24) is 14.5 Å². The molecule has 6 rings (SSSR count). The van der Waals surface area contributed by atoms with Crippen molar-refractivity contribution in [2.45, 2.75) is 91.1 Å². The number of thioether (sulfide) groups is 1. The molecule has 64 heavy (non-hydrogen) atoms. The molecule has 1 atom stereocenters. The minimum Gasteiger partial charge on any atom is -0.390 e. The number of anilines is 2. The molecule has 3 aromatic rings. The lowest BCUT2D eigenvalue weighted by atomic mass is 9.73. The van der Waals surface area contributed by atoms with Gasteiger partial charge in [0.15, 0.2) is 0 Å². The maximum absolute atomic E-state index is 14.1. The minimum absolute atomic E-state index is 0.0426. The average molecular weight is 954 g/mol. The molecule has 11 nitrogen and oxygen atoms in total. The fourth-order valence-electron chi connectivity index (χ4n) is 8.16. The Labute approximate surface area is 377 Å². The van der Waals surface area contributed by atoms with Gasteiger partial charge in [0.1, 0.15) is 4.90 Å². The lowest BCUT2D eigenvalue weighted by Crippen LogP contribution is -2.51. The predicted octanol–water partition coefficient (Wildman–Crippen LogP) is 7.97. The molecule has 0 saturated carbocycles. The zero-order chi connectivity index (χ0) is 46.5. The number of likely N-dealkylation sites (tertiary alicyclic amines) is 1. The molecule has 1 amide bonds. The van der Waals surface area contributed by atoms with Gasteiger partial charge >= 0.3 is 5.51 Å². The number of sulfone groups is 1. The van der Waals surface area contributed by atoms with E-state index in [0.717, 1.165) is 61.6 Å². The van der Waals surface area contributed by atoms with Gasteiger partial charge in [-0.25, -0.2) is 30.3 Å². The number of carbonyl (C=O) groups excluding carboxylic acids is 1. The van der Waals surface area contributed by atoms with E-state index >= 15 is 0 Å². The van der Waals surface area contributed by atoms with Crippen molar-refractivity contribution in [2.75, 3.05) is 68.3 Å². The highest BCUT2D eigenvalue weighted by molar-refractivity contribution is 7.99. The highest BCUT2D eigenvalue weighted by Gasteiger charge is 2.48. The largest absolute Gasteiger partial charge is 0.501 e. The number of aliphatic hydroxyl groups excluding tert-OH is 1. The van der Waals surface area contributed by atoms with Crippen LogP contribution in [0, 0.1) is 5.41 Å². The lowest BCUT2D eigenvalue weighted by molar-refractivity contribution is -0.0436. The topological polar surface area (TPSA) is 139 Å². The van der Waals surface area contributed by atoms with E-state index in [0.29, 0.717) is 57.4 Å². The third-order valence-electron chi connectivity index (χ3n) is 12.0. The van der Waals surface area contributed by atoms with Crippen LogP contribution in [0.2, 0.25) is 0 Å². The summed E-state index contributed by atoms with van der Waals surface area (Å²) in [5.74, 6) is -0.744. The second kappa shape index (κ2) is 20.7. The van der Waals surface area contributed by atoms with Crippen molar-refractivity contribution in [3.63, 3.8) is 0 Å². The monoisotopic (exact) mass is 953 g/mol. The van der Waals surface area contributed by atoms with E-state index in [1.165, 1.54) is 35.0 Å². The van der Waals surface area contributed by atoms with E-state index < -0.39 is 65.3 Å². The molecular formula is C45H56F5N5O6S3. The van der Waals surface area contributed by atoms with Crippen molar-refractivity contribution < 1.29 is 48.7 Å². The maximum Gasteiger partial charge on any atom is 0.501 e.